The monoisotopic (exact) mass is 580 g/mol. The van der Waals surface area contributed by atoms with Crippen LogP contribution in [-0.4, -0.2) is 41.4 Å². The number of benzene rings is 2. The standard InChI is InChI=1S/C30H27ClF2N4O4/c1-41-30(40)35-19-6-7-20-17-10-12-34-24(14-17)25(4-2-3-5-26(38)36-23(20)16-19)37-13-11-18(15-27(37)39)28-22(32)9-8-21(31)29(28)33/h6-10,12,14-16,25H,2-5,11,13H2,1H3,(H,35,40)(H,36,38). The van der Waals surface area contributed by atoms with Gasteiger partial charge in [0.1, 0.15) is 5.82 Å². The van der Waals surface area contributed by atoms with Crippen LogP contribution in [0.4, 0.5) is 25.0 Å². The van der Waals surface area contributed by atoms with E-state index in [1.165, 1.54) is 13.2 Å². The molecule has 2 bridgehead atoms. The normalized spacial score (nSPS) is 17.4. The van der Waals surface area contributed by atoms with E-state index in [1.807, 2.05) is 6.07 Å². The predicted octanol–water partition coefficient (Wildman–Crippen LogP) is 6.73. The first-order chi connectivity index (χ1) is 19.7. The molecule has 3 heterocycles. The van der Waals surface area contributed by atoms with Gasteiger partial charge in [-0.3, -0.25) is 19.9 Å². The molecule has 0 saturated carbocycles. The summed E-state index contributed by atoms with van der Waals surface area (Å²) in [4.78, 5) is 44.1. The average molecular weight is 581 g/mol. The summed E-state index contributed by atoms with van der Waals surface area (Å²) in [5.74, 6) is -2.23. The third-order valence-corrected chi connectivity index (χ3v) is 7.53. The summed E-state index contributed by atoms with van der Waals surface area (Å²) in [5, 5.41) is 5.33. The molecule has 0 radical (unpaired) electrons. The molecule has 1 unspecified atom stereocenters. The maximum Gasteiger partial charge on any atom is 0.411 e. The molecule has 5 rings (SSSR count). The number of ether oxygens (including phenoxy) is 1. The van der Waals surface area contributed by atoms with Crippen molar-refractivity contribution in [3.8, 4) is 11.1 Å². The number of carbonyl (C=O) groups is 3. The van der Waals surface area contributed by atoms with Crippen LogP contribution < -0.4 is 10.6 Å². The van der Waals surface area contributed by atoms with Gasteiger partial charge in [0.25, 0.3) is 0 Å². The minimum Gasteiger partial charge on any atom is -0.453 e. The zero-order valence-electron chi connectivity index (χ0n) is 22.2. The smallest absolute Gasteiger partial charge is 0.411 e. The van der Waals surface area contributed by atoms with E-state index in [-0.39, 0.29) is 47.4 Å². The zero-order valence-corrected chi connectivity index (χ0v) is 22.9. The third kappa shape index (κ3) is 6.07. The number of fused-ring (bicyclic) bond motifs is 4. The lowest BCUT2D eigenvalue weighted by atomic mass is 9.94. The second-order valence-corrected chi connectivity index (χ2v) is 10.2. The number of aromatic nitrogens is 1. The average Bonchev–Trinajstić information content (AvgIpc) is 2.95. The Balaban J connectivity index is 1.50. The first-order valence-corrected chi connectivity index (χ1v) is 13.5. The van der Waals surface area contributed by atoms with Crippen molar-refractivity contribution in [1.29, 1.82) is 0 Å². The van der Waals surface area contributed by atoms with Gasteiger partial charge in [0.05, 0.1) is 35.1 Å². The van der Waals surface area contributed by atoms with Crippen molar-refractivity contribution in [3.05, 3.63) is 82.7 Å². The molecule has 1 atom stereocenters. The second kappa shape index (κ2) is 12.1. The Morgan fingerprint density at radius 1 is 1.12 bits per heavy atom. The molecule has 8 nitrogen and oxygen atoms in total. The van der Waals surface area contributed by atoms with Crippen LogP contribution in [0.5, 0.6) is 0 Å². The van der Waals surface area contributed by atoms with Crippen molar-refractivity contribution in [1.82, 2.24) is 9.88 Å². The van der Waals surface area contributed by atoms with Crippen LogP contribution in [0.1, 0.15) is 49.4 Å². The van der Waals surface area contributed by atoms with Gasteiger partial charge in [-0.25, -0.2) is 13.6 Å². The third-order valence-electron chi connectivity index (χ3n) is 7.23. The first-order valence-electron chi connectivity index (χ1n) is 13.2. The molecule has 0 aliphatic carbocycles. The summed E-state index contributed by atoms with van der Waals surface area (Å²) in [7, 11) is 1.26. The SMILES string of the molecule is COC(=O)Nc1ccc2c(c1)NC(=O)CCCCC(N1CCC(c3c(F)ccc(Cl)c3F)=CC1=O)c1cc-2ccn1. The number of methoxy groups -OCH3 is 1. The molecule has 11 heteroatoms. The first kappa shape index (κ1) is 28.2. The minimum absolute atomic E-state index is 0.180. The molecule has 3 aromatic rings. The molecule has 0 saturated heterocycles. The van der Waals surface area contributed by atoms with E-state index >= 15 is 0 Å². The summed E-state index contributed by atoms with van der Waals surface area (Å²) in [6.07, 6.45) is 4.51. The van der Waals surface area contributed by atoms with Crippen LogP contribution >= 0.6 is 11.6 Å². The van der Waals surface area contributed by atoms with Gasteiger partial charge in [-0.1, -0.05) is 24.1 Å². The molecule has 2 N–H and O–H groups in total. The summed E-state index contributed by atoms with van der Waals surface area (Å²) in [6.45, 7) is 0.228. The molecule has 0 fully saturated rings. The maximum absolute atomic E-state index is 14.7. The summed E-state index contributed by atoms with van der Waals surface area (Å²) in [6, 6.07) is 10.6. The van der Waals surface area contributed by atoms with Gasteiger partial charge in [0.15, 0.2) is 5.82 Å². The number of carbonyl (C=O) groups excluding carboxylic acids is 3. The highest BCUT2D eigenvalue weighted by molar-refractivity contribution is 6.31. The molecule has 2 aliphatic rings. The summed E-state index contributed by atoms with van der Waals surface area (Å²) < 4.78 is 33.9. The Hall–Kier alpha value is -4.31. The molecule has 2 aromatic carbocycles. The fourth-order valence-electron chi connectivity index (χ4n) is 5.23. The van der Waals surface area contributed by atoms with E-state index < -0.39 is 23.8 Å². The van der Waals surface area contributed by atoms with Gasteiger partial charge >= 0.3 is 6.09 Å². The van der Waals surface area contributed by atoms with E-state index in [1.54, 1.807) is 35.4 Å². The number of amides is 3. The zero-order chi connectivity index (χ0) is 29.1. The van der Waals surface area contributed by atoms with E-state index in [2.05, 4.69) is 20.4 Å². The Morgan fingerprint density at radius 3 is 2.73 bits per heavy atom. The van der Waals surface area contributed by atoms with Crippen molar-refractivity contribution >= 4 is 46.5 Å². The molecular weight excluding hydrogens is 554 g/mol. The van der Waals surface area contributed by atoms with Crippen molar-refractivity contribution in [2.45, 2.75) is 38.1 Å². The Morgan fingerprint density at radius 2 is 1.95 bits per heavy atom. The summed E-state index contributed by atoms with van der Waals surface area (Å²) in [5.41, 5.74) is 3.03. The largest absolute Gasteiger partial charge is 0.453 e. The number of rotatable bonds is 3. The molecule has 212 valence electrons. The molecule has 41 heavy (non-hydrogen) atoms. The van der Waals surface area contributed by atoms with Crippen molar-refractivity contribution in [3.63, 3.8) is 0 Å². The molecule has 0 spiro atoms. The fraction of sp³-hybridized carbons (Fsp3) is 0.267. The minimum atomic E-state index is -0.888. The highest BCUT2D eigenvalue weighted by Crippen LogP contribution is 2.37. The quantitative estimate of drug-likeness (QED) is 0.335. The summed E-state index contributed by atoms with van der Waals surface area (Å²) >= 11 is 5.88. The Kier molecular flexibility index (Phi) is 8.30. The highest BCUT2D eigenvalue weighted by Gasteiger charge is 2.31. The number of nitrogens with zero attached hydrogens (tertiary/aromatic N) is 2. The second-order valence-electron chi connectivity index (χ2n) is 9.83. The topological polar surface area (TPSA) is 101 Å². The number of hydrogen-bond donors (Lipinski definition) is 2. The van der Waals surface area contributed by atoms with Crippen LogP contribution in [0.25, 0.3) is 16.7 Å². The fourth-order valence-corrected chi connectivity index (χ4v) is 5.38. The predicted molar refractivity (Wildman–Crippen MR) is 151 cm³/mol. The van der Waals surface area contributed by atoms with Crippen LogP contribution in [-0.2, 0) is 14.3 Å². The molecular formula is C30H27ClF2N4O4. The van der Waals surface area contributed by atoms with Gasteiger partial charge in [0, 0.05) is 36.5 Å². The number of pyridine rings is 1. The van der Waals surface area contributed by atoms with Gasteiger partial charge in [-0.05, 0) is 66.8 Å². The van der Waals surface area contributed by atoms with Gasteiger partial charge in [0.2, 0.25) is 11.8 Å². The van der Waals surface area contributed by atoms with Gasteiger partial charge < -0.3 is 15.0 Å². The molecule has 2 aliphatic heterocycles. The highest BCUT2D eigenvalue weighted by atomic mass is 35.5. The van der Waals surface area contributed by atoms with Gasteiger partial charge in [-0.15, -0.1) is 0 Å². The number of nitrogens with one attached hydrogen (secondary N) is 2. The molecule has 1 aromatic heterocycles. The van der Waals surface area contributed by atoms with E-state index in [9.17, 15) is 23.2 Å². The Labute approximate surface area is 240 Å². The van der Waals surface area contributed by atoms with Crippen LogP contribution in [0.3, 0.4) is 0 Å². The number of halogens is 3. The van der Waals surface area contributed by atoms with Crippen LogP contribution in [0.2, 0.25) is 5.02 Å². The van der Waals surface area contributed by atoms with Gasteiger partial charge in [-0.2, -0.15) is 0 Å². The van der Waals surface area contributed by atoms with Crippen molar-refractivity contribution in [2.75, 3.05) is 24.3 Å². The lowest BCUT2D eigenvalue weighted by molar-refractivity contribution is -0.129. The van der Waals surface area contributed by atoms with Crippen molar-refractivity contribution < 1.29 is 27.9 Å². The van der Waals surface area contributed by atoms with E-state index in [0.717, 1.165) is 17.7 Å². The van der Waals surface area contributed by atoms with Crippen molar-refractivity contribution in [2.24, 2.45) is 0 Å². The lowest BCUT2D eigenvalue weighted by Crippen LogP contribution is -2.38. The number of anilines is 2. The van der Waals surface area contributed by atoms with E-state index in [4.69, 9.17) is 11.6 Å². The lowest BCUT2D eigenvalue weighted by Gasteiger charge is -2.34. The Bertz CT molecular complexity index is 1560. The van der Waals surface area contributed by atoms with E-state index in [0.29, 0.717) is 41.9 Å². The maximum atomic E-state index is 14.7. The van der Waals surface area contributed by atoms with Crippen LogP contribution in [0.15, 0.2) is 54.7 Å². The molecule has 3 amide bonds. The van der Waals surface area contributed by atoms with Crippen LogP contribution in [0, 0.1) is 11.6 Å². The number of hydrogen-bond acceptors (Lipinski definition) is 5.